The molecule has 5 atom stereocenters. The summed E-state index contributed by atoms with van der Waals surface area (Å²) in [6.45, 7) is 10.8. The minimum atomic E-state index is -4.02. The van der Waals surface area contributed by atoms with E-state index in [4.69, 9.17) is 24.2 Å². The number of nitrogens with zero attached hydrogens (tertiary/aromatic N) is 4. The molecule has 0 unspecified atom stereocenters. The van der Waals surface area contributed by atoms with Crippen molar-refractivity contribution in [1.29, 1.82) is 0 Å². The molecule has 4 amide bonds. The Bertz CT molecular complexity index is 2630. The first-order valence-electron chi connectivity index (χ1n) is 22.4. The van der Waals surface area contributed by atoms with Crippen LogP contribution < -0.4 is 24.8 Å². The first kappa shape index (κ1) is 46.1. The van der Waals surface area contributed by atoms with Gasteiger partial charge in [-0.15, -0.1) is 11.3 Å². The molecule has 8 rings (SSSR count). The van der Waals surface area contributed by atoms with Crippen molar-refractivity contribution in [3.8, 4) is 33.6 Å². The molecule has 18 heteroatoms. The van der Waals surface area contributed by atoms with E-state index in [1.165, 1.54) is 16.2 Å². The van der Waals surface area contributed by atoms with Crippen molar-refractivity contribution >= 4 is 56.2 Å². The number of benzene rings is 2. The molecule has 65 heavy (non-hydrogen) atoms. The van der Waals surface area contributed by atoms with Gasteiger partial charge in [-0.3, -0.25) is 23.7 Å². The SMILES string of the molecule is COc1cccc(-c2csc(-c3cccc4c3nc(O[C@@H]3C[C@H]5C(=O)N[C@]6(C(=O)NS(=O)(=O)C7(C)CC7)C[C@H]6/C=C\CCCCC[C@H](NC(=O)OC(C)(C)C)C(=O)N5C3)n4C(C)C)n2)c1. The number of sulfonamides is 1. The Balaban J connectivity index is 1.12. The average Bonchev–Trinajstić information content (AvgIpc) is 3.92. The summed E-state index contributed by atoms with van der Waals surface area (Å²) in [5.74, 6) is -1.66. The molecule has 4 aliphatic rings. The number of carbonyl (C=O) groups is 4. The maximum absolute atomic E-state index is 14.8. The molecule has 2 aliphatic heterocycles. The number of hydrogen-bond donors (Lipinski definition) is 3. The zero-order chi connectivity index (χ0) is 46.5. The third-order valence-electron chi connectivity index (χ3n) is 12.7. The number of allylic oxidation sites excluding steroid dienone is 1. The van der Waals surface area contributed by atoms with Crippen molar-refractivity contribution in [1.82, 2.24) is 34.8 Å². The van der Waals surface area contributed by atoms with Crippen LogP contribution in [0.5, 0.6) is 11.8 Å². The summed E-state index contributed by atoms with van der Waals surface area (Å²) < 4.78 is 47.6. The number of fused-ring (bicyclic) bond motifs is 3. The van der Waals surface area contributed by atoms with Gasteiger partial charge in [0.05, 0.1) is 29.6 Å². The zero-order valence-electron chi connectivity index (χ0n) is 38.0. The number of alkyl carbamates (subject to hydrolysis) is 1. The fourth-order valence-corrected chi connectivity index (χ4v) is 10.9. The molecule has 0 spiro atoms. The molecule has 4 aromatic rings. The molecule has 2 aliphatic carbocycles. The molecule has 2 saturated carbocycles. The molecule has 2 aromatic carbocycles. The molecule has 3 N–H and O–H groups in total. The average molecular weight is 930 g/mol. The van der Waals surface area contributed by atoms with Gasteiger partial charge >= 0.3 is 6.09 Å². The molecule has 1 saturated heterocycles. The lowest BCUT2D eigenvalue weighted by Crippen LogP contribution is -2.58. The first-order chi connectivity index (χ1) is 30.8. The minimum absolute atomic E-state index is 0.0237. The summed E-state index contributed by atoms with van der Waals surface area (Å²) in [7, 11) is -2.39. The summed E-state index contributed by atoms with van der Waals surface area (Å²) >= 11 is 1.49. The molecule has 4 heterocycles. The Morgan fingerprint density at radius 2 is 1.82 bits per heavy atom. The van der Waals surface area contributed by atoms with E-state index in [1.807, 2.05) is 78.4 Å². The van der Waals surface area contributed by atoms with E-state index in [1.54, 1.807) is 34.8 Å². The second-order valence-electron chi connectivity index (χ2n) is 19.2. The number of imidazole rings is 1. The lowest BCUT2D eigenvalue weighted by molar-refractivity contribution is -0.141. The number of thiazole rings is 1. The third kappa shape index (κ3) is 9.60. The van der Waals surface area contributed by atoms with E-state index in [0.29, 0.717) is 37.6 Å². The topological polar surface area (TPSA) is 200 Å². The van der Waals surface area contributed by atoms with Crippen LogP contribution in [-0.2, 0) is 29.1 Å². The van der Waals surface area contributed by atoms with Gasteiger partial charge in [0.2, 0.25) is 21.8 Å². The molecular weight excluding hydrogens is 871 g/mol. The highest BCUT2D eigenvalue weighted by Gasteiger charge is 2.63. The second kappa shape index (κ2) is 17.7. The van der Waals surface area contributed by atoms with Gasteiger partial charge in [-0.25, -0.2) is 18.2 Å². The van der Waals surface area contributed by atoms with Crippen LogP contribution in [0.15, 0.2) is 60.0 Å². The van der Waals surface area contributed by atoms with E-state index in [0.717, 1.165) is 45.9 Å². The van der Waals surface area contributed by atoms with Gasteiger partial charge in [0.1, 0.15) is 45.6 Å². The predicted octanol–water partition coefficient (Wildman–Crippen LogP) is 7.05. The molecule has 3 fully saturated rings. The van der Waals surface area contributed by atoms with E-state index in [9.17, 15) is 27.6 Å². The lowest BCUT2D eigenvalue weighted by atomic mass is 10.0. The number of methoxy groups -OCH3 is 1. The quantitative estimate of drug-likeness (QED) is 0.138. The van der Waals surface area contributed by atoms with Crippen LogP contribution in [0.2, 0.25) is 0 Å². The minimum Gasteiger partial charge on any atom is -0.497 e. The molecule has 2 aromatic heterocycles. The standard InChI is InChI=1S/C47H59N7O9S2/c1-28(2)54-36-20-14-18-33(40-48-35(27-64-40)29-15-13-17-31(23-29)61-7)38(36)50-43(54)62-32-24-37-39(55)51-47(42(57)52-65(59,60)46(6)21-22-46)25-30(47)16-11-9-8-10-12-19-34(41(56)53(37)26-32)49-44(58)63-45(3,4)5/h11,13-18,20,23,27-28,30,32,34,37H,8-10,12,19,21-22,24-26H2,1-7H3,(H,49,58)(H,51,55)(H,52,57)/b16-11-/t30-,32-,34+,37+,47-/m1/s1. The highest BCUT2D eigenvalue weighted by Crippen LogP contribution is 2.48. The summed E-state index contributed by atoms with van der Waals surface area (Å²) in [5.41, 5.74) is 1.63. The van der Waals surface area contributed by atoms with Crippen molar-refractivity contribution in [3.63, 3.8) is 0 Å². The highest BCUT2D eigenvalue weighted by atomic mass is 32.2. The number of aromatic nitrogens is 3. The first-order valence-corrected chi connectivity index (χ1v) is 24.8. The molecular formula is C47H59N7O9S2. The second-order valence-corrected chi connectivity index (χ2v) is 22.3. The van der Waals surface area contributed by atoms with Crippen molar-refractivity contribution in [2.24, 2.45) is 5.92 Å². The number of amides is 4. The highest BCUT2D eigenvalue weighted by molar-refractivity contribution is 7.91. The van der Waals surface area contributed by atoms with Gasteiger partial charge < -0.3 is 29.7 Å². The fourth-order valence-electron chi connectivity index (χ4n) is 8.71. The number of hydrogen-bond acceptors (Lipinski definition) is 12. The van der Waals surface area contributed by atoms with Crippen LogP contribution in [0.4, 0.5) is 4.79 Å². The number of nitrogens with one attached hydrogen (secondary N) is 3. The maximum Gasteiger partial charge on any atom is 0.408 e. The van der Waals surface area contributed by atoms with Gasteiger partial charge in [0, 0.05) is 34.9 Å². The smallest absolute Gasteiger partial charge is 0.408 e. The van der Waals surface area contributed by atoms with Crippen LogP contribution in [0.25, 0.3) is 32.9 Å². The van der Waals surface area contributed by atoms with E-state index in [2.05, 4.69) is 15.4 Å². The van der Waals surface area contributed by atoms with E-state index < -0.39 is 73.8 Å². The normalized spacial score (nSPS) is 25.1. The Hall–Kier alpha value is -5.49. The Labute approximate surface area is 383 Å². The summed E-state index contributed by atoms with van der Waals surface area (Å²) in [4.78, 5) is 68.2. The number of para-hydroxylation sites is 1. The largest absolute Gasteiger partial charge is 0.497 e. The Kier molecular flexibility index (Phi) is 12.6. The van der Waals surface area contributed by atoms with Crippen molar-refractivity contribution in [2.45, 2.75) is 139 Å². The monoisotopic (exact) mass is 929 g/mol. The van der Waals surface area contributed by atoms with Gasteiger partial charge in [0.25, 0.3) is 11.9 Å². The third-order valence-corrected chi connectivity index (χ3v) is 15.8. The fraction of sp³-hybridized carbons (Fsp3) is 0.532. The van der Waals surface area contributed by atoms with E-state index in [-0.39, 0.29) is 31.4 Å². The number of rotatable bonds is 10. The summed E-state index contributed by atoms with van der Waals surface area (Å²) in [6, 6.07) is 11.6. The molecule has 0 radical (unpaired) electrons. The summed E-state index contributed by atoms with van der Waals surface area (Å²) in [5, 5.41) is 8.46. The van der Waals surface area contributed by atoms with Crippen LogP contribution >= 0.6 is 11.3 Å². The van der Waals surface area contributed by atoms with Gasteiger partial charge in [-0.1, -0.05) is 43.2 Å². The van der Waals surface area contributed by atoms with Crippen LogP contribution in [0.3, 0.4) is 0 Å². The van der Waals surface area contributed by atoms with Crippen LogP contribution in [0.1, 0.15) is 105 Å². The molecule has 348 valence electrons. The van der Waals surface area contributed by atoms with Crippen molar-refractivity contribution < 1.29 is 41.8 Å². The van der Waals surface area contributed by atoms with E-state index >= 15 is 0 Å². The molecule has 16 nitrogen and oxygen atoms in total. The number of carbonyl (C=O) groups excluding carboxylic acids is 4. The van der Waals surface area contributed by atoms with Gasteiger partial charge in [-0.05, 0) is 104 Å². The van der Waals surface area contributed by atoms with Gasteiger partial charge in [0.15, 0.2) is 0 Å². The Morgan fingerprint density at radius 3 is 2.54 bits per heavy atom. The zero-order valence-corrected chi connectivity index (χ0v) is 39.6. The number of ether oxygens (including phenoxy) is 3. The molecule has 0 bridgehead atoms. The Morgan fingerprint density at radius 1 is 1.05 bits per heavy atom. The van der Waals surface area contributed by atoms with Crippen molar-refractivity contribution in [3.05, 3.63) is 60.0 Å². The van der Waals surface area contributed by atoms with Crippen LogP contribution in [-0.4, -0.2) is 99.4 Å². The summed E-state index contributed by atoms with van der Waals surface area (Å²) in [6.07, 6.45) is 6.51. The maximum atomic E-state index is 14.8. The van der Waals surface area contributed by atoms with Crippen molar-refractivity contribution in [2.75, 3.05) is 13.7 Å². The van der Waals surface area contributed by atoms with Crippen LogP contribution in [0, 0.1) is 5.92 Å². The lowest BCUT2D eigenvalue weighted by Gasteiger charge is -2.30. The van der Waals surface area contributed by atoms with Gasteiger partial charge in [-0.2, -0.15) is 4.98 Å². The predicted molar refractivity (Wildman–Crippen MR) is 247 cm³/mol.